The lowest BCUT2D eigenvalue weighted by molar-refractivity contribution is 0.490. The summed E-state index contributed by atoms with van der Waals surface area (Å²) >= 11 is 0. The maximum Gasteiger partial charge on any atom is 0.0183 e. The maximum absolute atomic E-state index is 2.42. The van der Waals surface area contributed by atoms with Crippen LogP contribution in [0.5, 0.6) is 0 Å². The summed E-state index contributed by atoms with van der Waals surface area (Å²) in [5.41, 5.74) is 6.11. The molecule has 0 bridgehead atoms. The summed E-state index contributed by atoms with van der Waals surface area (Å²) in [6.07, 6.45) is 3.59. The van der Waals surface area contributed by atoms with Crippen LogP contribution in [0.4, 0.5) is 0 Å². The minimum absolute atomic E-state index is 0.138. The highest BCUT2D eigenvalue weighted by Crippen LogP contribution is 2.51. The van der Waals surface area contributed by atoms with Gasteiger partial charge in [0.05, 0.1) is 0 Å². The molecule has 0 aliphatic heterocycles. The van der Waals surface area contributed by atoms with Gasteiger partial charge in [-0.2, -0.15) is 0 Å². The van der Waals surface area contributed by atoms with Crippen molar-refractivity contribution in [3.63, 3.8) is 0 Å². The first-order valence-electron chi connectivity index (χ1n) is 8.96. The SMILES string of the molecule is CC1(c2ccccc2)CC(CCc2ccccc2)c2ccccc21. The van der Waals surface area contributed by atoms with Crippen LogP contribution in [0.15, 0.2) is 84.9 Å². The molecule has 0 saturated heterocycles. The fraction of sp³-hybridized carbons (Fsp3) is 0.250. The Balaban J connectivity index is 1.64. The minimum Gasteiger partial charge on any atom is -0.0622 e. The summed E-state index contributed by atoms with van der Waals surface area (Å²) in [5, 5.41) is 0. The van der Waals surface area contributed by atoms with Crippen molar-refractivity contribution in [2.45, 2.75) is 37.5 Å². The molecule has 0 fully saturated rings. The van der Waals surface area contributed by atoms with E-state index in [4.69, 9.17) is 0 Å². The third-order valence-electron chi connectivity index (χ3n) is 5.68. The second kappa shape index (κ2) is 6.28. The Kier molecular flexibility index (Phi) is 3.98. The first-order chi connectivity index (χ1) is 11.8. The summed E-state index contributed by atoms with van der Waals surface area (Å²) in [4.78, 5) is 0. The molecule has 1 aliphatic rings. The van der Waals surface area contributed by atoms with E-state index in [1.54, 1.807) is 5.56 Å². The fourth-order valence-electron chi connectivity index (χ4n) is 4.39. The van der Waals surface area contributed by atoms with Crippen LogP contribution in [0.2, 0.25) is 0 Å². The predicted octanol–water partition coefficient (Wildman–Crippen LogP) is 6.11. The highest BCUT2D eigenvalue weighted by Gasteiger charge is 2.40. The third-order valence-corrected chi connectivity index (χ3v) is 5.68. The number of fused-ring (bicyclic) bond motifs is 1. The first kappa shape index (κ1) is 15.2. The Morgan fingerprint density at radius 3 is 2.17 bits per heavy atom. The van der Waals surface area contributed by atoms with Gasteiger partial charge in [-0.3, -0.25) is 0 Å². The average molecular weight is 312 g/mol. The number of rotatable bonds is 4. The molecular weight excluding hydrogens is 288 g/mol. The lowest BCUT2D eigenvalue weighted by atomic mass is 9.77. The van der Waals surface area contributed by atoms with E-state index in [0.29, 0.717) is 5.92 Å². The van der Waals surface area contributed by atoms with Gasteiger partial charge in [-0.1, -0.05) is 91.9 Å². The lowest BCUT2D eigenvalue weighted by Crippen LogP contribution is -2.20. The van der Waals surface area contributed by atoms with E-state index in [1.807, 2.05) is 0 Å². The molecule has 1 aliphatic carbocycles. The summed E-state index contributed by atoms with van der Waals surface area (Å²) in [7, 11) is 0. The second-order valence-electron chi connectivity index (χ2n) is 7.21. The van der Waals surface area contributed by atoms with Crippen LogP contribution >= 0.6 is 0 Å². The summed E-state index contributed by atoms with van der Waals surface area (Å²) in [6.45, 7) is 2.42. The van der Waals surface area contributed by atoms with E-state index in [1.165, 1.54) is 29.5 Å². The van der Waals surface area contributed by atoms with Crippen LogP contribution in [0, 0.1) is 0 Å². The molecule has 0 amide bonds. The molecule has 2 atom stereocenters. The molecular formula is C24H24. The fourth-order valence-corrected chi connectivity index (χ4v) is 4.39. The zero-order valence-electron chi connectivity index (χ0n) is 14.3. The smallest absolute Gasteiger partial charge is 0.0183 e. The Morgan fingerprint density at radius 2 is 1.42 bits per heavy atom. The molecule has 0 N–H and O–H groups in total. The molecule has 3 aromatic carbocycles. The van der Waals surface area contributed by atoms with E-state index >= 15 is 0 Å². The second-order valence-corrected chi connectivity index (χ2v) is 7.21. The van der Waals surface area contributed by atoms with E-state index in [2.05, 4.69) is 91.9 Å². The van der Waals surface area contributed by atoms with Crippen LogP contribution in [-0.2, 0) is 11.8 Å². The lowest BCUT2D eigenvalue weighted by Gasteiger charge is -2.27. The molecule has 0 radical (unpaired) electrons. The number of hydrogen-bond donors (Lipinski definition) is 0. The van der Waals surface area contributed by atoms with Crippen molar-refractivity contribution in [3.05, 3.63) is 107 Å². The van der Waals surface area contributed by atoms with Crippen molar-refractivity contribution in [3.8, 4) is 0 Å². The van der Waals surface area contributed by atoms with Gasteiger partial charge >= 0.3 is 0 Å². The highest BCUT2D eigenvalue weighted by molar-refractivity contribution is 5.49. The topological polar surface area (TPSA) is 0 Å². The standard InChI is InChI=1S/C24H24/c1-24(21-12-6-3-7-13-21)18-20(22-14-8-9-15-23(22)24)17-16-19-10-4-2-5-11-19/h2-15,20H,16-18H2,1H3. The predicted molar refractivity (Wildman–Crippen MR) is 101 cm³/mol. The number of benzene rings is 3. The van der Waals surface area contributed by atoms with E-state index in [-0.39, 0.29) is 5.41 Å². The quantitative estimate of drug-likeness (QED) is 0.545. The number of hydrogen-bond acceptors (Lipinski definition) is 0. The van der Waals surface area contributed by atoms with Gasteiger partial charge in [-0.25, -0.2) is 0 Å². The van der Waals surface area contributed by atoms with Gasteiger partial charge in [0, 0.05) is 5.41 Å². The Bertz CT molecular complexity index is 804. The molecule has 0 heteroatoms. The van der Waals surface area contributed by atoms with Crippen molar-refractivity contribution in [2.24, 2.45) is 0 Å². The Hall–Kier alpha value is -2.34. The maximum atomic E-state index is 2.42. The molecule has 0 nitrogen and oxygen atoms in total. The van der Waals surface area contributed by atoms with Crippen LogP contribution in [0.3, 0.4) is 0 Å². The van der Waals surface area contributed by atoms with Gasteiger partial charge in [-0.05, 0) is 47.4 Å². The number of aryl methyl sites for hydroxylation is 1. The normalized spacial score (nSPS) is 22.3. The zero-order valence-corrected chi connectivity index (χ0v) is 14.3. The summed E-state index contributed by atoms with van der Waals surface area (Å²) in [6, 6.07) is 31.0. The van der Waals surface area contributed by atoms with Crippen LogP contribution in [-0.4, -0.2) is 0 Å². The molecule has 2 unspecified atom stereocenters. The van der Waals surface area contributed by atoms with E-state index < -0.39 is 0 Å². The first-order valence-corrected chi connectivity index (χ1v) is 8.96. The van der Waals surface area contributed by atoms with Crippen molar-refractivity contribution in [1.82, 2.24) is 0 Å². The third kappa shape index (κ3) is 2.67. The monoisotopic (exact) mass is 312 g/mol. The van der Waals surface area contributed by atoms with Crippen LogP contribution in [0.1, 0.15) is 47.9 Å². The highest BCUT2D eigenvalue weighted by atomic mass is 14.4. The molecule has 0 heterocycles. The Morgan fingerprint density at radius 1 is 0.792 bits per heavy atom. The van der Waals surface area contributed by atoms with Crippen molar-refractivity contribution >= 4 is 0 Å². The van der Waals surface area contributed by atoms with Crippen LogP contribution < -0.4 is 0 Å². The summed E-state index contributed by atoms with van der Waals surface area (Å²) in [5.74, 6) is 0.645. The molecule has 120 valence electrons. The largest absolute Gasteiger partial charge is 0.0622 e. The molecule has 4 rings (SSSR count). The van der Waals surface area contributed by atoms with Gasteiger partial charge < -0.3 is 0 Å². The Labute approximate surface area is 145 Å². The summed E-state index contributed by atoms with van der Waals surface area (Å²) < 4.78 is 0. The molecule has 0 spiro atoms. The van der Waals surface area contributed by atoms with Crippen molar-refractivity contribution in [1.29, 1.82) is 0 Å². The molecule has 0 saturated carbocycles. The van der Waals surface area contributed by atoms with E-state index in [9.17, 15) is 0 Å². The van der Waals surface area contributed by atoms with Gasteiger partial charge in [0.15, 0.2) is 0 Å². The van der Waals surface area contributed by atoms with Gasteiger partial charge in [0.1, 0.15) is 0 Å². The van der Waals surface area contributed by atoms with E-state index in [0.717, 1.165) is 6.42 Å². The van der Waals surface area contributed by atoms with Crippen molar-refractivity contribution < 1.29 is 0 Å². The molecule has 0 aromatic heterocycles. The molecule has 3 aromatic rings. The van der Waals surface area contributed by atoms with Gasteiger partial charge in [0.25, 0.3) is 0 Å². The van der Waals surface area contributed by atoms with Gasteiger partial charge in [-0.15, -0.1) is 0 Å². The minimum atomic E-state index is 0.138. The average Bonchev–Trinajstić information content (AvgIpc) is 2.96. The van der Waals surface area contributed by atoms with Crippen LogP contribution in [0.25, 0.3) is 0 Å². The molecule has 24 heavy (non-hydrogen) atoms. The van der Waals surface area contributed by atoms with Crippen molar-refractivity contribution in [2.75, 3.05) is 0 Å². The van der Waals surface area contributed by atoms with Gasteiger partial charge in [0.2, 0.25) is 0 Å². The zero-order chi connectivity index (χ0) is 16.4.